The molecule has 1 aromatic rings. The van der Waals surface area contributed by atoms with Crippen LogP contribution in [0.3, 0.4) is 0 Å². The fraction of sp³-hybridized carbons (Fsp3) is 0.682. The molecule has 0 aromatic heterocycles. The highest BCUT2D eigenvalue weighted by molar-refractivity contribution is 5.68. The summed E-state index contributed by atoms with van der Waals surface area (Å²) in [6, 6.07) is 10.3. The Morgan fingerprint density at radius 3 is 2.62 bits per heavy atom. The Labute approximate surface area is 156 Å². The fourth-order valence-electron chi connectivity index (χ4n) is 6.66. The number of carbonyl (C=O) groups is 1. The zero-order chi connectivity index (χ0) is 18.6. The minimum Gasteiger partial charge on any atom is -0.465 e. The number of hydrogen-bond acceptors (Lipinski definition) is 2. The normalized spacial score (nSPS) is 35.0. The average Bonchev–Trinajstić information content (AvgIpc) is 2.88. The molecule has 142 valence electrons. The highest BCUT2D eigenvalue weighted by Gasteiger charge is 2.68. The van der Waals surface area contributed by atoms with Crippen molar-refractivity contribution in [3.63, 3.8) is 0 Å². The Morgan fingerprint density at radius 1 is 1.23 bits per heavy atom. The van der Waals surface area contributed by atoms with Gasteiger partial charge in [-0.1, -0.05) is 30.3 Å². The molecule has 0 radical (unpaired) electrons. The zero-order valence-electron chi connectivity index (χ0n) is 16.2. The van der Waals surface area contributed by atoms with Crippen LogP contribution in [-0.2, 0) is 11.3 Å². The van der Waals surface area contributed by atoms with Gasteiger partial charge < -0.3 is 9.84 Å². The van der Waals surface area contributed by atoms with Crippen LogP contribution in [0, 0.1) is 17.3 Å². The minimum atomic E-state index is -0.758. The van der Waals surface area contributed by atoms with Gasteiger partial charge >= 0.3 is 6.09 Å². The lowest BCUT2D eigenvalue weighted by Gasteiger charge is -2.50. The van der Waals surface area contributed by atoms with Crippen LogP contribution in [0.5, 0.6) is 0 Å². The van der Waals surface area contributed by atoms with Gasteiger partial charge in [-0.05, 0) is 75.7 Å². The van der Waals surface area contributed by atoms with E-state index in [9.17, 15) is 9.90 Å². The number of amides is 1. The Balaban J connectivity index is 1.52. The van der Waals surface area contributed by atoms with Gasteiger partial charge in [-0.2, -0.15) is 0 Å². The number of nitrogens with zero attached hydrogens (tertiary/aromatic N) is 1. The maximum absolute atomic E-state index is 12.2. The SMILES string of the molecule is CC(C)(C)N(C(=O)O)C12CC3CC1CC(COCc1ccccc1)(C3)C2. The smallest absolute Gasteiger partial charge is 0.408 e. The standard InChI is InChI=1S/C22H31NO3/c1-20(2,3)23(19(24)25)22-11-17-9-18(22)12-21(10-17,14-22)15-26-13-16-7-5-4-6-8-16/h4-8,17-18H,9-15H2,1-3H3,(H,24,25). The summed E-state index contributed by atoms with van der Waals surface area (Å²) in [6.07, 6.45) is 4.78. The molecular formula is C22H31NO3. The van der Waals surface area contributed by atoms with E-state index in [1.165, 1.54) is 18.4 Å². The highest BCUT2D eigenvalue weighted by atomic mass is 16.5. The fourth-order valence-corrected chi connectivity index (χ4v) is 6.66. The third-order valence-electron chi connectivity index (χ3n) is 6.93. The highest BCUT2D eigenvalue weighted by Crippen LogP contribution is 2.68. The van der Waals surface area contributed by atoms with Gasteiger partial charge in [0, 0.05) is 5.54 Å². The van der Waals surface area contributed by atoms with E-state index in [2.05, 4.69) is 12.1 Å². The molecule has 5 rings (SSSR count). The van der Waals surface area contributed by atoms with Crippen molar-refractivity contribution in [3.8, 4) is 0 Å². The summed E-state index contributed by atoms with van der Waals surface area (Å²) in [4.78, 5) is 14.0. The lowest BCUT2D eigenvalue weighted by molar-refractivity contribution is -0.0351. The van der Waals surface area contributed by atoms with Crippen LogP contribution in [0.25, 0.3) is 0 Å². The molecule has 26 heavy (non-hydrogen) atoms. The van der Waals surface area contributed by atoms with Gasteiger partial charge in [0.15, 0.2) is 0 Å². The molecule has 0 heterocycles. The van der Waals surface area contributed by atoms with E-state index >= 15 is 0 Å². The van der Waals surface area contributed by atoms with Crippen molar-refractivity contribution in [1.29, 1.82) is 0 Å². The van der Waals surface area contributed by atoms with Gasteiger partial charge in [-0.25, -0.2) is 4.79 Å². The maximum atomic E-state index is 12.2. The predicted molar refractivity (Wildman–Crippen MR) is 101 cm³/mol. The molecule has 1 amide bonds. The molecule has 0 aliphatic heterocycles. The monoisotopic (exact) mass is 357 g/mol. The first-order valence-corrected chi connectivity index (χ1v) is 9.89. The maximum Gasteiger partial charge on any atom is 0.408 e. The average molecular weight is 357 g/mol. The molecule has 1 N–H and O–H groups in total. The number of hydrogen-bond donors (Lipinski definition) is 1. The van der Waals surface area contributed by atoms with E-state index in [1.807, 2.05) is 43.9 Å². The molecule has 0 saturated heterocycles. The summed E-state index contributed by atoms with van der Waals surface area (Å²) in [5.41, 5.74) is 0.830. The minimum absolute atomic E-state index is 0.166. The van der Waals surface area contributed by atoms with Crippen molar-refractivity contribution in [1.82, 2.24) is 4.90 Å². The van der Waals surface area contributed by atoms with Gasteiger partial charge in [0.1, 0.15) is 0 Å². The summed E-state index contributed by atoms with van der Waals surface area (Å²) in [6.45, 7) is 7.51. The van der Waals surface area contributed by atoms with Crippen molar-refractivity contribution in [2.45, 2.75) is 70.6 Å². The molecule has 4 aliphatic rings. The van der Waals surface area contributed by atoms with Crippen LogP contribution in [-0.4, -0.2) is 33.8 Å². The van der Waals surface area contributed by atoms with Crippen molar-refractivity contribution < 1.29 is 14.6 Å². The first-order valence-electron chi connectivity index (χ1n) is 9.89. The first kappa shape index (κ1) is 17.8. The van der Waals surface area contributed by atoms with Crippen molar-refractivity contribution in [3.05, 3.63) is 35.9 Å². The number of rotatable bonds is 5. The van der Waals surface area contributed by atoms with Crippen LogP contribution in [0.4, 0.5) is 4.79 Å². The van der Waals surface area contributed by atoms with Crippen molar-refractivity contribution in [2.75, 3.05) is 6.61 Å². The van der Waals surface area contributed by atoms with E-state index in [0.717, 1.165) is 25.9 Å². The molecule has 1 aromatic carbocycles. The molecule has 4 unspecified atom stereocenters. The Hall–Kier alpha value is -1.55. The first-order chi connectivity index (χ1) is 12.2. The number of carboxylic acid groups (broad SMARTS) is 1. The topological polar surface area (TPSA) is 49.8 Å². The lowest BCUT2D eigenvalue weighted by atomic mass is 9.68. The second-order valence-corrected chi connectivity index (χ2v) is 9.96. The number of benzene rings is 1. The molecule has 4 heteroatoms. The number of ether oxygens (including phenoxy) is 1. The van der Waals surface area contributed by atoms with Gasteiger partial charge in [-0.3, -0.25) is 4.90 Å². The molecule has 4 atom stereocenters. The van der Waals surface area contributed by atoms with Crippen molar-refractivity contribution in [2.24, 2.45) is 17.3 Å². The van der Waals surface area contributed by atoms with E-state index in [1.54, 1.807) is 0 Å². The van der Waals surface area contributed by atoms with Gasteiger partial charge in [0.2, 0.25) is 0 Å². The third kappa shape index (κ3) is 2.83. The van der Waals surface area contributed by atoms with E-state index in [0.29, 0.717) is 18.4 Å². The molecule has 4 nitrogen and oxygen atoms in total. The summed E-state index contributed by atoms with van der Waals surface area (Å²) in [5, 5.41) is 10.0. The summed E-state index contributed by atoms with van der Waals surface area (Å²) in [7, 11) is 0. The second-order valence-electron chi connectivity index (χ2n) is 9.96. The van der Waals surface area contributed by atoms with Crippen LogP contribution in [0.15, 0.2) is 30.3 Å². The molecular weight excluding hydrogens is 326 g/mol. The molecule has 4 aliphatic carbocycles. The zero-order valence-corrected chi connectivity index (χ0v) is 16.2. The Bertz CT molecular complexity index is 682. The van der Waals surface area contributed by atoms with Gasteiger partial charge in [0.25, 0.3) is 0 Å². The molecule has 4 saturated carbocycles. The van der Waals surface area contributed by atoms with E-state index < -0.39 is 6.09 Å². The van der Waals surface area contributed by atoms with Gasteiger partial charge in [-0.15, -0.1) is 0 Å². The quantitative estimate of drug-likeness (QED) is 0.813. The summed E-state index contributed by atoms with van der Waals surface area (Å²) in [5.74, 6) is 1.16. The predicted octanol–water partition coefficient (Wildman–Crippen LogP) is 4.93. The van der Waals surface area contributed by atoms with Gasteiger partial charge in [0.05, 0.1) is 18.8 Å². The lowest BCUT2D eigenvalue weighted by Crippen LogP contribution is -2.60. The van der Waals surface area contributed by atoms with E-state index in [4.69, 9.17) is 4.74 Å². The third-order valence-corrected chi connectivity index (χ3v) is 6.93. The van der Waals surface area contributed by atoms with Crippen LogP contribution >= 0.6 is 0 Å². The van der Waals surface area contributed by atoms with E-state index in [-0.39, 0.29) is 16.5 Å². The molecule has 4 bridgehead atoms. The largest absolute Gasteiger partial charge is 0.465 e. The summed E-state index contributed by atoms with van der Waals surface area (Å²) >= 11 is 0. The molecule has 0 spiro atoms. The second kappa shape index (κ2) is 5.98. The Kier molecular flexibility index (Phi) is 4.11. The van der Waals surface area contributed by atoms with Crippen LogP contribution in [0.1, 0.15) is 58.4 Å². The summed E-state index contributed by atoms with van der Waals surface area (Å²) < 4.78 is 6.15. The van der Waals surface area contributed by atoms with Crippen LogP contribution < -0.4 is 0 Å². The Morgan fingerprint density at radius 2 is 1.96 bits per heavy atom. The molecule has 4 fully saturated rings. The van der Waals surface area contributed by atoms with Crippen molar-refractivity contribution >= 4 is 6.09 Å². The van der Waals surface area contributed by atoms with Crippen LogP contribution in [0.2, 0.25) is 0 Å².